The second-order valence-corrected chi connectivity index (χ2v) is 9.85. The van der Waals surface area contributed by atoms with Crippen molar-refractivity contribution in [2.24, 2.45) is 13.0 Å². The molecule has 188 valence electrons. The number of fused-ring (bicyclic) bond motifs is 2. The zero-order chi connectivity index (χ0) is 25.1. The third-order valence-electron chi connectivity index (χ3n) is 7.32. The van der Waals surface area contributed by atoms with Gasteiger partial charge in [0.25, 0.3) is 5.91 Å². The lowest BCUT2D eigenvalue weighted by molar-refractivity contribution is -0.122. The van der Waals surface area contributed by atoms with E-state index in [1.807, 2.05) is 73.6 Å². The topological polar surface area (TPSA) is 91.3 Å². The van der Waals surface area contributed by atoms with Crippen LogP contribution in [0.25, 0.3) is 0 Å². The molecule has 2 aliphatic heterocycles. The number of benzene rings is 1. The van der Waals surface area contributed by atoms with Crippen molar-refractivity contribution in [3.8, 4) is 0 Å². The predicted octanol–water partition coefficient (Wildman–Crippen LogP) is 3.18. The molecule has 3 aliphatic rings. The van der Waals surface area contributed by atoms with Gasteiger partial charge in [-0.15, -0.1) is 0 Å². The molecule has 3 N–H and O–H groups in total. The Balaban J connectivity index is 1.31. The number of carbonyl (C=O) groups excluding carboxylic acids is 2. The fraction of sp³-hybridized carbons (Fsp3) is 0.393. The van der Waals surface area contributed by atoms with Crippen LogP contribution in [0.2, 0.25) is 0 Å². The molecule has 1 saturated heterocycles. The van der Waals surface area contributed by atoms with Crippen LogP contribution in [0.1, 0.15) is 46.3 Å². The van der Waals surface area contributed by atoms with Crippen molar-refractivity contribution in [2.45, 2.75) is 45.3 Å². The van der Waals surface area contributed by atoms with Crippen LogP contribution in [0.5, 0.6) is 0 Å². The quantitative estimate of drug-likeness (QED) is 0.604. The summed E-state index contributed by atoms with van der Waals surface area (Å²) in [6.07, 6.45) is 14.5. The molecule has 2 amide bonds. The van der Waals surface area contributed by atoms with Gasteiger partial charge in [-0.05, 0) is 68.1 Å². The smallest absolute Gasteiger partial charge is 0.254 e. The lowest BCUT2D eigenvalue weighted by atomic mass is 9.94. The molecular weight excluding hydrogens is 452 g/mol. The van der Waals surface area contributed by atoms with Gasteiger partial charge in [0.1, 0.15) is 5.82 Å². The minimum atomic E-state index is -0.214. The Hall–Kier alpha value is -3.65. The molecule has 0 radical (unpaired) electrons. The largest absolute Gasteiger partial charge is 0.352 e. The van der Waals surface area contributed by atoms with E-state index in [1.165, 1.54) is 0 Å². The number of piperidine rings is 1. The first-order chi connectivity index (χ1) is 17.5. The number of allylic oxidation sites excluding steroid dienone is 4. The van der Waals surface area contributed by atoms with Crippen molar-refractivity contribution in [2.75, 3.05) is 18.4 Å². The highest BCUT2D eigenvalue weighted by molar-refractivity contribution is 5.95. The molecule has 1 aromatic heterocycles. The predicted molar refractivity (Wildman–Crippen MR) is 140 cm³/mol. The van der Waals surface area contributed by atoms with Crippen molar-refractivity contribution in [3.05, 3.63) is 82.7 Å². The van der Waals surface area contributed by atoms with Gasteiger partial charge in [-0.2, -0.15) is 5.10 Å². The lowest BCUT2D eigenvalue weighted by Crippen LogP contribution is -2.40. The molecule has 3 heterocycles. The van der Waals surface area contributed by atoms with Gasteiger partial charge in [-0.1, -0.05) is 30.4 Å². The molecular formula is C28H34N6O2. The summed E-state index contributed by atoms with van der Waals surface area (Å²) >= 11 is 0. The van der Waals surface area contributed by atoms with Crippen LogP contribution in [0.4, 0.5) is 5.82 Å². The summed E-state index contributed by atoms with van der Waals surface area (Å²) in [7, 11) is 1.90. The monoisotopic (exact) mass is 486 g/mol. The molecule has 0 bridgehead atoms. The fourth-order valence-corrected chi connectivity index (χ4v) is 5.17. The second-order valence-electron chi connectivity index (χ2n) is 9.85. The van der Waals surface area contributed by atoms with Gasteiger partial charge in [0.2, 0.25) is 5.91 Å². The summed E-state index contributed by atoms with van der Waals surface area (Å²) in [5.41, 5.74) is 4.56. The van der Waals surface area contributed by atoms with E-state index >= 15 is 0 Å². The maximum absolute atomic E-state index is 13.8. The Kier molecular flexibility index (Phi) is 7.04. The normalized spacial score (nSPS) is 19.4. The summed E-state index contributed by atoms with van der Waals surface area (Å²) in [5, 5.41) is 14.3. The van der Waals surface area contributed by atoms with E-state index in [4.69, 9.17) is 0 Å². The van der Waals surface area contributed by atoms with Crippen LogP contribution in [0.15, 0.2) is 60.5 Å². The molecule has 1 atom stereocenters. The maximum Gasteiger partial charge on any atom is 0.254 e. The summed E-state index contributed by atoms with van der Waals surface area (Å²) in [6.45, 7) is 4.91. The Morgan fingerprint density at radius 2 is 2.00 bits per heavy atom. The van der Waals surface area contributed by atoms with Gasteiger partial charge in [-0.25, -0.2) is 0 Å². The van der Waals surface area contributed by atoms with Gasteiger partial charge in [-0.3, -0.25) is 14.3 Å². The lowest BCUT2D eigenvalue weighted by Gasteiger charge is -2.29. The Morgan fingerprint density at radius 1 is 1.17 bits per heavy atom. The van der Waals surface area contributed by atoms with Crippen LogP contribution in [-0.4, -0.2) is 45.6 Å². The van der Waals surface area contributed by atoms with Crippen molar-refractivity contribution in [1.29, 1.82) is 0 Å². The summed E-state index contributed by atoms with van der Waals surface area (Å²) in [6, 6.07) is 5.55. The molecule has 5 rings (SSSR count). The summed E-state index contributed by atoms with van der Waals surface area (Å²) in [5.74, 6) is 1.42. The fourth-order valence-electron chi connectivity index (χ4n) is 5.17. The number of carbonyl (C=O) groups is 2. The number of rotatable bonds is 5. The standard InChI is InChI=1S/C28H34N6O2/c1-19-14-21(8-9-22(19)16-30-26(35)15-20-10-12-29-13-11-20)28(36)34-18-23-17-31-33(2)27(23)32-24-6-4-3-5-7-25(24)34/h3-9,14,17,20,25,29,32H,10-13,15-16,18H2,1-2H3,(H,30,35). The van der Waals surface area contributed by atoms with E-state index < -0.39 is 0 Å². The molecule has 1 unspecified atom stereocenters. The van der Waals surface area contributed by atoms with E-state index in [-0.39, 0.29) is 17.9 Å². The first-order valence-corrected chi connectivity index (χ1v) is 12.7. The highest BCUT2D eigenvalue weighted by Crippen LogP contribution is 2.30. The third kappa shape index (κ3) is 5.14. The average Bonchev–Trinajstić information content (AvgIpc) is 3.03. The van der Waals surface area contributed by atoms with E-state index in [1.54, 1.807) is 4.68 Å². The van der Waals surface area contributed by atoms with Gasteiger partial charge in [0.05, 0.1) is 18.8 Å². The minimum Gasteiger partial charge on any atom is -0.352 e. The van der Waals surface area contributed by atoms with Gasteiger partial charge in [0.15, 0.2) is 0 Å². The average molecular weight is 487 g/mol. The van der Waals surface area contributed by atoms with E-state index in [2.05, 4.69) is 21.0 Å². The van der Waals surface area contributed by atoms with Gasteiger partial charge < -0.3 is 20.9 Å². The molecule has 1 fully saturated rings. The number of hydrogen-bond acceptors (Lipinski definition) is 5. The first-order valence-electron chi connectivity index (χ1n) is 12.7. The van der Waals surface area contributed by atoms with Crippen LogP contribution in [0, 0.1) is 12.8 Å². The Morgan fingerprint density at radius 3 is 2.81 bits per heavy atom. The number of nitrogens with zero attached hydrogens (tertiary/aromatic N) is 3. The minimum absolute atomic E-state index is 0.0412. The summed E-state index contributed by atoms with van der Waals surface area (Å²) in [4.78, 5) is 28.1. The van der Waals surface area contributed by atoms with Gasteiger partial charge in [0, 0.05) is 36.8 Å². The first kappa shape index (κ1) is 24.1. The molecule has 0 saturated carbocycles. The van der Waals surface area contributed by atoms with Crippen LogP contribution < -0.4 is 16.0 Å². The summed E-state index contributed by atoms with van der Waals surface area (Å²) < 4.78 is 1.80. The van der Waals surface area contributed by atoms with Crippen LogP contribution in [0.3, 0.4) is 0 Å². The van der Waals surface area contributed by atoms with Crippen molar-refractivity contribution < 1.29 is 9.59 Å². The highest BCUT2D eigenvalue weighted by atomic mass is 16.2. The van der Waals surface area contributed by atoms with Crippen LogP contribution in [-0.2, 0) is 24.9 Å². The SMILES string of the molecule is Cc1cc(C(=O)N2Cc3cnn(C)c3NC3=CC=CC=CC32)ccc1CNC(=O)CC1CCNCC1. The number of anilines is 1. The Bertz CT molecular complexity index is 1230. The molecule has 0 spiro atoms. The third-order valence-corrected chi connectivity index (χ3v) is 7.32. The zero-order valence-electron chi connectivity index (χ0n) is 21.0. The number of amides is 2. The maximum atomic E-state index is 13.8. The molecule has 36 heavy (non-hydrogen) atoms. The molecule has 1 aromatic carbocycles. The van der Waals surface area contributed by atoms with Crippen molar-refractivity contribution in [3.63, 3.8) is 0 Å². The molecule has 2 aromatic rings. The molecule has 8 heteroatoms. The van der Waals surface area contributed by atoms with E-state index in [9.17, 15) is 9.59 Å². The second kappa shape index (κ2) is 10.5. The van der Waals surface area contributed by atoms with E-state index in [0.29, 0.717) is 31.0 Å². The number of hydrogen-bond donors (Lipinski definition) is 3. The number of aryl methyl sites for hydroxylation is 2. The molecule has 8 nitrogen and oxygen atoms in total. The van der Waals surface area contributed by atoms with Gasteiger partial charge >= 0.3 is 0 Å². The van der Waals surface area contributed by atoms with Crippen LogP contribution >= 0.6 is 0 Å². The number of nitrogens with one attached hydrogen (secondary N) is 3. The zero-order valence-corrected chi connectivity index (χ0v) is 21.0. The highest BCUT2D eigenvalue weighted by Gasteiger charge is 2.31. The number of aromatic nitrogens is 2. The molecule has 1 aliphatic carbocycles. The Labute approximate surface area is 212 Å². The van der Waals surface area contributed by atoms with E-state index in [0.717, 1.165) is 54.1 Å². The van der Waals surface area contributed by atoms with Crippen molar-refractivity contribution >= 4 is 17.6 Å². The van der Waals surface area contributed by atoms with Crippen molar-refractivity contribution in [1.82, 2.24) is 25.3 Å².